The van der Waals surface area contributed by atoms with Crippen LogP contribution in [0.1, 0.15) is 36.1 Å². The smallest absolute Gasteiger partial charge is 0.229 e. The lowest BCUT2D eigenvalue weighted by Gasteiger charge is -2.32. The van der Waals surface area contributed by atoms with E-state index in [1.54, 1.807) is 0 Å². The monoisotopic (exact) mass is 395 g/mol. The summed E-state index contributed by atoms with van der Waals surface area (Å²) < 4.78 is 4.92. The molecule has 1 N–H and O–H groups in total. The van der Waals surface area contributed by atoms with Crippen LogP contribution in [0.15, 0.2) is 28.8 Å². The van der Waals surface area contributed by atoms with E-state index in [0.717, 1.165) is 48.8 Å². The number of piperidine rings is 1. The molecule has 5 nitrogen and oxygen atoms in total. The maximum absolute atomic E-state index is 12.2. The molecule has 0 radical (unpaired) electrons. The maximum atomic E-state index is 12.2. The van der Waals surface area contributed by atoms with Gasteiger partial charge in [0.25, 0.3) is 0 Å². The van der Waals surface area contributed by atoms with E-state index in [1.165, 1.54) is 5.56 Å². The summed E-state index contributed by atoms with van der Waals surface area (Å²) in [5.74, 6) is 0.0535. The quantitative estimate of drug-likeness (QED) is 0.802. The Morgan fingerprint density at radius 1 is 1.27 bits per heavy atom. The lowest BCUT2D eigenvalue weighted by molar-refractivity contribution is -0.122. The van der Waals surface area contributed by atoms with E-state index in [-0.39, 0.29) is 17.2 Å². The molecule has 1 saturated heterocycles. The Hall–Kier alpha value is -1.56. The Kier molecular flexibility index (Phi) is 6.57. The number of carbonyl (C=O) groups excluding carboxylic acids is 1. The van der Waals surface area contributed by atoms with Crippen LogP contribution in [0.2, 0.25) is 10.2 Å². The molecule has 1 fully saturated rings. The zero-order chi connectivity index (χ0) is 18.5. The molecule has 0 bridgehead atoms. The predicted octanol–water partition coefficient (Wildman–Crippen LogP) is 4.00. The van der Waals surface area contributed by atoms with E-state index in [4.69, 9.17) is 27.7 Å². The standard InChI is InChI=1S/C19H23Cl2N3O2/c1-13-17(19(21)26-23-13)6-7-18(25)22-16-8-10-24(11-9-16)12-14-2-4-15(20)5-3-14/h2-5,16H,6-12H2,1H3,(H,22,25). The highest BCUT2D eigenvalue weighted by Crippen LogP contribution is 2.21. The van der Waals surface area contributed by atoms with Crippen LogP contribution in [0.25, 0.3) is 0 Å². The Bertz CT molecular complexity index is 718. The molecule has 1 aliphatic rings. The topological polar surface area (TPSA) is 58.4 Å². The summed E-state index contributed by atoms with van der Waals surface area (Å²) in [7, 11) is 0. The third kappa shape index (κ3) is 5.22. The van der Waals surface area contributed by atoms with Crippen molar-refractivity contribution in [1.82, 2.24) is 15.4 Å². The van der Waals surface area contributed by atoms with Crippen LogP contribution in [-0.2, 0) is 17.8 Å². The van der Waals surface area contributed by atoms with Crippen LogP contribution in [-0.4, -0.2) is 35.1 Å². The molecule has 2 aromatic rings. The molecule has 2 heterocycles. The second kappa shape index (κ2) is 8.89. The molecule has 1 amide bonds. The molecule has 140 valence electrons. The minimum absolute atomic E-state index is 0.0535. The van der Waals surface area contributed by atoms with Gasteiger partial charge in [-0.15, -0.1) is 0 Å². The van der Waals surface area contributed by atoms with Crippen LogP contribution >= 0.6 is 23.2 Å². The second-order valence-corrected chi connectivity index (χ2v) is 7.54. The van der Waals surface area contributed by atoms with E-state index >= 15 is 0 Å². The molecule has 3 rings (SSSR count). The summed E-state index contributed by atoms with van der Waals surface area (Å²) in [4.78, 5) is 14.6. The largest absolute Gasteiger partial charge is 0.353 e. The van der Waals surface area contributed by atoms with E-state index in [0.29, 0.717) is 12.8 Å². The number of rotatable bonds is 6. The van der Waals surface area contributed by atoms with Gasteiger partial charge in [-0.05, 0) is 55.5 Å². The predicted molar refractivity (Wildman–Crippen MR) is 102 cm³/mol. The summed E-state index contributed by atoms with van der Waals surface area (Å²) in [6.07, 6.45) is 2.88. The number of halogens is 2. The molecular weight excluding hydrogens is 373 g/mol. The number of nitrogens with zero attached hydrogens (tertiary/aromatic N) is 2. The molecule has 1 aromatic heterocycles. The van der Waals surface area contributed by atoms with E-state index < -0.39 is 0 Å². The molecule has 1 aromatic carbocycles. The van der Waals surface area contributed by atoms with Crippen molar-refractivity contribution in [3.05, 3.63) is 51.3 Å². The Morgan fingerprint density at radius 2 is 1.96 bits per heavy atom. The number of hydrogen-bond acceptors (Lipinski definition) is 4. The number of hydrogen-bond donors (Lipinski definition) is 1. The first-order chi connectivity index (χ1) is 12.5. The molecule has 0 saturated carbocycles. The Labute approximate surface area is 163 Å². The van der Waals surface area contributed by atoms with Crippen LogP contribution < -0.4 is 5.32 Å². The van der Waals surface area contributed by atoms with E-state index in [1.807, 2.05) is 19.1 Å². The molecular formula is C19H23Cl2N3O2. The molecule has 0 aliphatic carbocycles. The van der Waals surface area contributed by atoms with Crippen molar-refractivity contribution in [3.8, 4) is 0 Å². The van der Waals surface area contributed by atoms with Crippen molar-refractivity contribution in [2.75, 3.05) is 13.1 Å². The van der Waals surface area contributed by atoms with Gasteiger partial charge in [-0.25, -0.2) is 0 Å². The summed E-state index contributed by atoms with van der Waals surface area (Å²) >= 11 is 11.9. The van der Waals surface area contributed by atoms with Gasteiger partial charge in [0.2, 0.25) is 11.1 Å². The van der Waals surface area contributed by atoms with Crippen LogP contribution in [0, 0.1) is 6.92 Å². The zero-order valence-corrected chi connectivity index (χ0v) is 16.3. The summed E-state index contributed by atoms with van der Waals surface area (Å²) in [6.45, 7) is 4.70. The number of amides is 1. The van der Waals surface area contributed by atoms with Gasteiger partial charge in [-0.3, -0.25) is 9.69 Å². The van der Waals surface area contributed by atoms with Crippen LogP contribution in [0.5, 0.6) is 0 Å². The first-order valence-electron chi connectivity index (χ1n) is 8.88. The fourth-order valence-electron chi connectivity index (χ4n) is 3.26. The van der Waals surface area contributed by atoms with E-state index in [2.05, 4.69) is 27.5 Å². The molecule has 1 aliphatic heterocycles. The van der Waals surface area contributed by atoms with Gasteiger partial charge in [0, 0.05) is 42.7 Å². The fourth-order valence-corrected chi connectivity index (χ4v) is 3.65. The van der Waals surface area contributed by atoms with Crippen molar-refractivity contribution >= 4 is 29.1 Å². The van der Waals surface area contributed by atoms with Crippen molar-refractivity contribution < 1.29 is 9.32 Å². The number of carbonyl (C=O) groups is 1. The normalized spacial score (nSPS) is 16.0. The maximum Gasteiger partial charge on any atom is 0.229 e. The molecule has 0 spiro atoms. The number of benzene rings is 1. The van der Waals surface area contributed by atoms with E-state index in [9.17, 15) is 4.79 Å². The van der Waals surface area contributed by atoms with Gasteiger partial charge in [-0.1, -0.05) is 28.9 Å². The van der Waals surface area contributed by atoms with Gasteiger partial charge in [0.1, 0.15) is 0 Å². The molecule has 0 atom stereocenters. The number of aryl methyl sites for hydroxylation is 1. The van der Waals surface area contributed by atoms with Gasteiger partial charge >= 0.3 is 0 Å². The average molecular weight is 396 g/mol. The number of aromatic nitrogens is 1. The minimum Gasteiger partial charge on any atom is -0.353 e. The zero-order valence-electron chi connectivity index (χ0n) is 14.8. The SMILES string of the molecule is Cc1noc(Cl)c1CCC(=O)NC1CCN(Cc2ccc(Cl)cc2)CC1. The summed E-state index contributed by atoms with van der Waals surface area (Å²) in [5.41, 5.74) is 2.83. The molecule has 0 unspecified atom stereocenters. The second-order valence-electron chi connectivity index (χ2n) is 6.76. The first kappa shape index (κ1) is 19.2. The number of likely N-dealkylation sites (tertiary alicyclic amines) is 1. The van der Waals surface area contributed by atoms with Gasteiger partial charge in [0.05, 0.1) is 5.69 Å². The van der Waals surface area contributed by atoms with Crippen molar-refractivity contribution in [3.63, 3.8) is 0 Å². The van der Waals surface area contributed by atoms with Gasteiger partial charge in [0.15, 0.2) is 0 Å². The highest BCUT2D eigenvalue weighted by Gasteiger charge is 2.21. The lowest BCUT2D eigenvalue weighted by atomic mass is 10.0. The third-order valence-electron chi connectivity index (χ3n) is 4.81. The summed E-state index contributed by atoms with van der Waals surface area (Å²) in [6, 6.07) is 8.21. The third-order valence-corrected chi connectivity index (χ3v) is 5.36. The fraction of sp³-hybridized carbons (Fsp3) is 0.474. The first-order valence-corrected chi connectivity index (χ1v) is 9.63. The highest BCUT2D eigenvalue weighted by molar-refractivity contribution is 6.30. The summed E-state index contributed by atoms with van der Waals surface area (Å²) in [5, 5.41) is 7.99. The molecule has 7 heteroatoms. The minimum atomic E-state index is 0.0535. The number of nitrogens with one attached hydrogen (secondary N) is 1. The average Bonchev–Trinajstić information content (AvgIpc) is 2.95. The highest BCUT2D eigenvalue weighted by atomic mass is 35.5. The van der Waals surface area contributed by atoms with Gasteiger partial charge < -0.3 is 9.84 Å². The van der Waals surface area contributed by atoms with Crippen LogP contribution in [0.4, 0.5) is 0 Å². The Morgan fingerprint density at radius 3 is 2.58 bits per heavy atom. The van der Waals surface area contributed by atoms with Gasteiger partial charge in [-0.2, -0.15) is 0 Å². The Balaban J connectivity index is 1.39. The molecule has 26 heavy (non-hydrogen) atoms. The lowest BCUT2D eigenvalue weighted by Crippen LogP contribution is -2.44. The van der Waals surface area contributed by atoms with Crippen molar-refractivity contribution in [2.45, 2.75) is 45.2 Å². The van der Waals surface area contributed by atoms with Crippen molar-refractivity contribution in [2.24, 2.45) is 0 Å². The van der Waals surface area contributed by atoms with Crippen LogP contribution in [0.3, 0.4) is 0 Å². The van der Waals surface area contributed by atoms with Crippen molar-refractivity contribution in [1.29, 1.82) is 0 Å².